The lowest BCUT2D eigenvalue weighted by Crippen LogP contribution is -2.32. The van der Waals surface area contributed by atoms with Gasteiger partial charge in [-0.1, -0.05) is 13.3 Å². The molecular weight excluding hydrogens is 406 g/mol. The highest BCUT2D eigenvalue weighted by molar-refractivity contribution is 5.96. The molecule has 0 fully saturated rings. The maximum absolute atomic E-state index is 12.1. The van der Waals surface area contributed by atoms with Crippen LogP contribution in [0.25, 0.3) is 0 Å². The van der Waals surface area contributed by atoms with Gasteiger partial charge in [-0.05, 0) is 42.8 Å². The predicted octanol–water partition coefficient (Wildman–Crippen LogP) is 2.69. The van der Waals surface area contributed by atoms with Crippen molar-refractivity contribution in [3.63, 3.8) is 0 Å². The third-order valence-corrected chi connectivity index (χ3v) is 4.00. The zero-order valence-electron chi connectivity index (χ0n) is 17.0. The molecule has 10 nitrogen and oxygen atoms in total. The third-order valence-electron chi connectivity index (χ3n) is 4.00. The molecule has 0 saturated carbocycles. The number of carbonyl (C=O) groups excluding carboxylic acids is 3. The highest BCUT2D eigenvalue weighted by Gasteiger charge is 2.12. The van der Waals surface area contributed by atoms with Gasteiger partial charge in [0.05, 0.1) is 11.5 Å². The maximum atomic E-state index is 12.1. The van der Waals surface area contributed by atoms with E-state index in [9.17, 15) is 24.5 Å². The van der Waals surface area contributed by atoms with Crippen LogP contribution in [0.5, 0.6) is 5.75 Å². The number of nitrogens with one attached hydrogen (secondary N) is 2. The number of carbonyl (C=O) groups is 3. The van der Waals surface area contributed by atoms with Crippen molar-refractivity contribution in [2.24, 2.45) is 0 Å². The fourth-order valence-corrected chi connectivity index (χ4v) is 2.35. The van der Waals surface area contributed by atoms with E-state index in [1.165, 1.54) is 24.3 Å². The lowest BCUT2D eigenvalue weighted by atomic mass is 10.2. The Morgan fingerprint density at radius 2 is 1.71 bits per heavy atom. The normalized spacial score (nSPS) is 10.1. The van der Waals surface area contributed by atoms with Gasteiger partial charge in [-0.25, -0.2) is 0 Å². The van der Waals surface area contributed by atoms with Crippen molar-refractivity contribution in [2.45, 2.75) is 19.8 Å². The number of hydrogen-bond acceptors (Lipinski definition) is 7. The summed E-state index contributed by atoms with van der Waals surface area (Å²) in [6, 6.07) is 11.7. The Bertz CT molecular complexity index is 912. The minimum Gasteiger partial charge on any atom is -0.494 e. The number of unbranched alkanes of at least 4 members (excludes halogenated alkanes) is 1. The van der Waals surface area contributed by atoms with Gasteiger partial charge >= 0.3 is 5.97 Å². The quantitative estimate of drug-likeness (QED) is 0.242. The second-order valence-electron chi connectivity index (χ2n) is 6.42. The Labute approximate surface area is 178 Å². The Morgan fingerprint density at radius 1 is 1.03 bits per heavy atom. The summed E-state index contributed by atoms with van der Waals surface area (Å²) in [6.45, 7) is 1.70. The fourth-order valence-electron chi connectivity index (χ4n) is 2.35. The molecule has 2 aromatic rings. The number of nitro groups is 1. The van der Waals surface area contributed by atoms with Crippen LogP contribution in [0.3, 0.4) is 0 Å². The van der Waals surface area contributed by atoms with Crippen LogP contribution in [-0.4, -0.2) is 42.5 Å². The molecular formula is C21H23N3O7. The molecule has 2 aromatic carbocycles. The Morgan fingerprint density at radius 3 is 2.32 bits per heavy atom. The van der Waals surface area contributed by atoms with Crippen LogP contribution >= 0.6 is 0 Å². The molecule has 0 bridgehead atoms. The van der Waals surface area contributed by atoms with Gasteiger partial charge in [0.1, 0.15) is 12.3 Å². The van der Waals surface area contributed by atoms with Crippen LogP contribution in [0, 0.1) is 10.1 Å². The van der Waals surface area contributed by atoms with Gasteiger partial charge in [0.15, 0.2) is 6.61 Å². The summed E-state index contributed by atoms with van der Waals surface area (Å²) in [7, 11) is 0. The third kappa shape index (κ3) is 8.13. The number of nitrogens with zero attached hydrogens (tertiary/aromatic N) is 1. The van der Waals surface area contributed by atoms with E-state index in [0.717, 1.165) is 12.8 Å². The van der Waals surface area contributed by atoms with Crippen molar-refractivity contribution in [3.05, 3.63) is 64.2 Å². The van der Waals surface area contributed by atoms with Gasteiger partial charge in [-0.15, -0.1) is 0 Å². The van der Waals surface area contributed by atoms with E-state index in [4.69, 9.17) is 9.47 Å². The fraction of sp³-hybridized carbons (Fsp3) is 0.286. The minimum absolute atomic E-state index is 0.112. The highest BCUT2D eigenvalue weighted by Crippen LogP contribution is 2.15. The molecule has 0 aliphatic heterocycles. The molecule has 0 aliphatic carbocycles. The van der Waals surface area contributed by atoms with Gasteiger partial charge in [-0.2, -0.15) is 0 Å². The van der Waals surface area contributed by atoms with E-state index in [1.54, 1.807) is 24.3 Å². The molecule has 0 aliphatic rings. The zero-order chi connectivity index (χ0) is 22.6. The van der Waals surface area contributed by atoms with Crippen molar-refractivity contribution in [1.82, 2.24) is 5.32 Å². The van der Waals surface area contributed by atoms with Crippen LogP contribution in [-0.2, 0) is 14.3 Å². The first-order valence-corrected chi connectivity index (χ1v) is 9.60. The van der Waals surface area contributed by atoms with Crippen molar-refractivity contribution in [3.8, 4) is 5.75 Å². The van der Waals surface area contributed by atoms with E-state index in [0.29, 0.717) is 23.6 Å². The number of nitro benzene ring substituents is 1. The molecule has 2 N–H and O–H groups in total. The van der Waals surface area contributed by atoms with Crippen molar-refractivity contribution >= 4 is 29.2 Å². The lowest BCUT2D eigenvalue weighted by Gasteiger charge is -2.08. The topological polar surface area (TPSA) is 137 Å². The molecule has 2 rings (SSSR count). The number of rotatable bonds is 11. The standard InChI is InChI=1S/C21H23N3O7/c1-2-3-12-30-18-10-4-15(5-11-18)21(27)22-13-20(26)31-14-19(25)23-16-6-8-17(9-7-16)24(28)29/h4-11H,2-3,12-14H2,1H3,(H,22,27)(H,23,25). The summed E-state index contributed by atoms with van der Waals surface area (Å²) in [6.07, 6.45) is 1.96. The Kier molecular flexibility index (Phi) is 8.96. The SMILES string of the molecule is CCCCOc1ccc(C(=O)NCC(=O)OCC(=O)Nc2ccc([N+](=O)[O-])cc2)cc1. The number of esters is 1. The van der Waals surface area contributed by atoms with E-state index in [1.807, 2.05) is 0 Å². The zero-order valence-corrected chi connectivity index (χ0v) is 17.0. The number of anilines is 1. The van der Waals surface area contributed by atoms with Crippen LogP contribution in [0.15, 0.2) is 48.5 Å². The van der Waals surface area contributed by atoms with Gasteiger partial charge in [-0.3, -0.25) is 24.5 Å². The molecule has 0 spiro atoms. The summed E-state index contributed by atoms with van der Waals surface area (Å²) < 4.78 is 10.3. The van der Waals surface area contributed by atoms with Crippen LogP contribution in [0.1, 0.15) is 30.1 Å². The number of amides is 2. The predicted molar refractivity (Wildman–Crippen MR) is 112 cm³/mol. The lowest BCUT2D eigenvalue weighted by molar-refractivity contribution is -0.384. The molecule has 10 heteroatoms. The van der Waals surface area contributed by atoms with Crippen molar-refractivity contribution in [1.29, 1.82) is 0 Å². The van der Waals surface area contributed by atoms with E-state index in [2.05, 4.69) is 17.6 Å². The summed E-state index contributed by atoms with van der Waals surface area (Å²) in [4.78, 5) is 45.7. The van der Waals surface area contributed by atoms with E-state index >= 15 is 0 Å². The second-order valence-corrected chi connectivity index (χ2v) is 6.42. The molecule has 0 atom stereocenters. The van der Waals surface area contributed by atoms with Crippen LogP contribution in [0.4, 0.5) is 11.4 Å². The van der Waals surface area contributed by atoms with Crippen molar-refractivity contribution < 1.29 is 28.8 Å². The number of non-ortho nitro benzene ring substituents is 1. The molecule has 31 heavy (non-hydrogen) atoms. The Hall–Kier alpha value is -3.95. The summed E-state index contributed by atoms with van der Waals surface area (Å²) >= 11 is 0. The molecule has 0 heterocycles. The average molecular weight is 429 g/mol. The largest absolute Gasteiger partial charge is 0.494 e. The first-order chi connectivity index (χ1) is 14.9. The number of hydrogen-bond donors (Lipinski definition) is 2. The maximum Gasteiger partial charge on any atom is 0.325 e. The Balaban J connectivity index is 1.70. The smallest absolute Gasteiger partial charge is 0.325 e. The first kappa shape index (κ1) is 23.3. The van der Waals surface area contributed by atoms with Crippen LogP contribution in [0.2, 0.25) is 0 Å². The molecule has 0 saturated heterocycles. The molecule has 0 radical (unpaired) electrons. The molecule has 164 valence electrons. The van der Waals surface area contributed by atoms with Crippen molar-refractivity contribution in [2.75, 3.05) is 25.1 Å². The monoisotopic (exact) mass is 429 g/mol. The van der Waals surface area contributed by atoms with Gasteiger partial charge in [0.25, 0.3) is 17.5 Å². The van der Waals surface area contributed by atoms with E-state index < -0.39 is 35.9 Å². The molecule has 0 unspecified atom stereocenters. The number of ether oxygens (including phenoxy) is 2. The first-order valence-electron chi connectivity index (χ1n) is 9.60. The summed E-state index contributed by atoms with van der Waals surface area (Å²) in [5.74, 6) is -1.21. The van der Waals surface area contributed by atoms with Gasteiger partial charge in [0, 0.05) is 23.4 Å². The second kappa shape index (κ2) is 11.9. The minimum atomic E-state index is -0.785. The summed E-state index contributed by atoms with van der Waals surface area (Å²) in [5, 5.41) is 15.5. The molecule has 2 amide bonds. The average Bonchev–Trinajstić information content (AvgIpc) is 2.77. The molecule has 0 aromatic heterocycles. The highest BCUT2D eigenvalue weighted by atomic mass is 16.6. The van der Waals surface area contributed by atoms with Gasteiger partial charge in [0.2, 0.25) is 0 Å². The van der Waals surface area contributed by atoms with E-state index in [-0.39, 0.29) is 5.69 Å². The van der Waals surface area contributed by atoms with Gasteiger partial charge < -0.3 is 20.1 Å². The number of benzene rings is 2. The summed E-state index contributed by atoms with van der Waals surface area (Å²) in [5.41, 5.74) is 0.562. The van der Waals surface area contributed by atoms with Crippen LogP contribution < -0.4 is 15.4 Å².